The Morgan fingerprint density at radius 3 is 1.41 bits per heavy atom. The molecule has 6 rings (SSSR count). The van der Waals surface area contributed by atoms with Crippen LogP contribution in [0.15, 0.2) is 133 Å². The number of benzene rings is 6. The van der Waals surface area contributed by atoms with Gasteiger partial charge in [-0.1, -0.05) is 38.1 Å². The lowest BCUT2D eigenvalue weighted by Gasteiger charge is -2.26. The zero-order chi connectivity index (χ0) is 42.3. The molecule has 0 aliphatic heterocycles. The number of carboxylic acids is 2. The number of nitro benzene ring substituents is 2. The van der Waals surface area contributed by atoms with E-state index >= 15 is 0 Å². The number of ether oxygens (including phenoxy) is 3. The molecule has 6 aromatic rings. The van der Waals surface area contributed by atoms with E-state index in [-0.39, 0.29) is 29.2 Å². The number of hydrogen-bond donors (Lipinski definition) is 2. The molecule has 0 radical (unpaired) electrons. The summed E-state index contributed by atoms with van der Waals surface area (Å²) in [6.45, 7) is 3.82. The number of non-ortho nitro benzene ring substituents is 2. The van der Waals surface area contributed by atoms with Gasteiger partial charge < -0.3 is 29.3 Å². The quantitative estimate of drug-likeness (QED) is 0.0306. The molecule has 0 saturated carbocycles. The number of carbonyl (C=O) groups is 3. The number of nitro groups is 2. The second-order valence-electron chi connectivity index (χ2n) is 13.3. The number of carbonyl (C=O) groups excluding carboxylic acids is 1. The zero-order valence-electron chi connectivity index (χ0n) is 31.1. The molecule has 0 atom stereocenters. The Balaban J connectivity index is 1.01. The molecule has 0 aromatic heterocycles. The van der Waals surface area contributed by atoms with Gasteiger partial charge in [-0.05, 0) is 96.1 Å². The number of aromatic carboxylic acids is 2. The molecule has 16 nitrogen and oxygen atoms in total. The number of esters is 1. The fourth-order valence-electron chi connectivity index (χ4n) is 5.80. The average Bonchev–Trinajstić information content (AvgIpc) is 3.22. The summed E-state index contributed by atoms with van der Waals surface area (Å²) in [6.07, 6.45) is 0. The van der Waals surface area contributed by atoms with Crippen molar-refractivity contribution in [1.82, 2.24) is 0 Å². The summed E-state index contributed by atoms with van der Waals surface area (Å²) in [6, 6.07) is 33.8. The lowest BCUT2D eigenvalue weighted by molar-refractivity contribution is -0.385. The highest BCUT2D eigenvalue weighted by Crippen LogP contribution is 2.35. The van der Waals surface area contributed by atoms with Crippen LogP contribution in [0.5, 0.6) is 34.5 Å². The highest BCUT2D eigenvalue weighted by molar-refractivity contribution is 6.03. The van der Waals surface area contributed by atoms with E-state index in [1.54, 1.807) is 36.4 Å². The van der Waals surface area contributed by atoms with Gasteiger partial charge in [0.2, 0.25) is 0 Å². The molecule has 298 valence electrons. The van der Waals surface area contributed by atoms with Crippen LogP contribution >= 0.6 is 0 Å². The summed E-state index contributed by atoms with van der Waals surface area (Å²) in [4.78, 5) is 67.1. The van der Waals surface area contributed by atoms with Crippen molar-refractivity contribution in [3.8, 4) is 34.5 Å². The number of rotatable bonds is 16. The minimum atomic E-state index is -1.43. The van der Waals surface area contributed by atoms with Crippen molar-refractivity contribution >= 4 is 29.3 Å². The van der Waals surface area contributed by atoms with Crippen molar-refractivity contribution in [2.24, 2.45) is 0 Å². The lowest BCUT2D eigenvalue weighted by atomic mass is 9.78. The van der Waals surface area contributed by atoms with E-state index in [0.29, 0.717) is 28.7 Å². The molecule has 0 unspecified atom stereocenters. The highest BCUT2D eigenvalue weighted by Gasteiger charge is 2.24. The molecule has 59 heavy (non-hydrogen) atoms. The Bertz CT molecular complexity index is 2540. The van der Waals surface area contributed by atoms with Crippen LogP contribution in [0.1, 0.15) is 61.6 Å². The standard InChI is InChI=1S/C43H32N2O14/c1-43(2,27-3-9-31(10-4-27)56-33-13-15-35(16-14-33)58-42(50)39-24-30(45(53)54)8-22-38(39)41(48)49)28-5-11-32(12-6-28)57-34-17-19-36(20-18-34)59-55-25-26-23-29(44(51)52)7-21-37(26)40(46)47/h3-24H,25H2,1-2H3,(H,46,47)(H,48,49). The van der Waals surface area contributed by atoms with E-state index in [4.69, 9.17) is 24.0 Å². The van der Waals surface area contributed by atoms with Crippen molar-refractivity contribution < 1.29 is 58.4 Å². The first-order valence-electron chi connectivity index (χ1n) is 17.5. The van der Waals surface area contributed by atoms with Gasteiger partial charge in [0.25, 0.3) is 11.4 Å². The Kier molecular flexibility index (Phi) is 11.9. The van der Waals surface area contributed by atoms with Crippen LogP contribution in [-0.2, 0) is 16.9 Å². The van der Waals surface area contributed by atoms with Crippen LogP contribution in [0.4, 0.5) is 11.4 Å². The zero-order valence-corrected chi connectivity index (χ0v) is 31.1. The average molecular weight is 801 g/mol. The molecule has 16 heteroatoms. The smallest absolute Gasteiger partial charge is 0.344 e. The molecule has 0 saturated heterocycles. The molecule has 6 aromatic carbocycles. The molecule has 2 N–H and O–H groups in total. The van der Waals surface area contributed by atoms with Crippen molar-refractivity contribution in [2.45, 2.75) is 25.9 Å². The summed E-state index contributed by atoms with van der Waals surface area (Å²) in [5, 5.41) is 41.0. The van der Waals surface area contributed by atoms with Gasteiger partial charge in [0, 0.05) is 35.2 Å². The summed E-state index contributed by atoms with van der Waals surface area (Å²) in [5.41, 5.74) is -0.0538. The third-order valence-electron chi connectivity index (χ3n) is 9.05. The molecule has 0 heterocycles. The maximum atomic E-state index is 12.7. The number of nitrogens with zero attached hydrogens (tertiary/aromatic N) is 2. The Morgan fingerprint density at radius 2 is 0.949 bits per heavy atom. The topological polar surface area (TPSA) is 224 Å². The Labute approximate surface area is 334 Å². The molecular formula is C43H32N2O14. The fourth-order valence-corrected chi connectivity index (χ4v) is 5.80. The van der Waals surface area contributed by atoms with Crippen LogP contribution in [0.25, 0.3) is 0 Å². The second kappa shape index (κ2) is 17.4. The maximum Gasteiger partial charge on any atom is 0.344 e. The Morgan fingerprint density at radius 1 is 0.542 bits per heavy atom. The van der Waals surface area contributed by atoms with Crippen molar-refractivity contribution in [2.75, 3.05) is 0 Å². The number of hydrogen-bond acceptors (Lipinski definition) is 12. The molecule has 0 amide bonds. The minimum absolute atomic E-state index is 0.0749. The number of carboxylic acid groups (broad SMARTS) is 2. The monoisotopic (exact) mass is 800 g/mol. The first-order chi connectivity index (χ1) is 28.2. The molecule has 0 spiro atoms. The highest BCUT2D eigenvalue weighted by atomic mass is 17.2. The van der Waals surface area contributed by atoms with Crippen LogP contribution in [-0.4, -0.2) is 38.0 Å². The van der Waals surface area contributed by atoms with Gasteiger partial charge in [-0.25, -0.2) is 14.4 Å². The van der Waals surface area contributed by atoms with Crippen molar-refractivity contribution in [3.63, 3.8) is 0 Å². The van der Waals surface area contributed by atoms with Crippen LogP contribution in [0, 0.1) is 20.2 Å². The predicted molar refractivity (Wildman–Crippen MR) is 209 cm³/mol. The summed E-state index contributed by atoms with van der Waals surface area (Å²) >= 11 is 0. The SMILES string of the molecule is CC(C)(c1ccc(Oc2ccc(OOCc3cc([N+](=O)[O-])ccc3C(=O)O)cc2)cc1)c1ccc(Oc2ccc(OC(=O)c3cc([N+](=O)[O-])ccc3C(=O)O)cc2)cc1. The molecule has 0 fully saturated rings. The van der Waals surface area contributed by atoms with Crippen LogP contribution in [0.2, 0.25) is 0 Å². The van der Waals surface area contributed by atoms with Crippen LogP contribution < -0.4 is 19.1 Å². The second-order valence-corrected chi connectivity index (χ2v) is 13.3. The predicted octanol–water partition coefficient (Wildman–Crippen LogP) is 9.54. The summed E-state index contributed by atoms with van der Waals surface area (Å²) in [7, 11) is 0. The van der Waals surface area contributed by atoms with E-state index < -0.39 is 50.0 Å². The van der Waals surface area contributed by atoms with E-state index in [9.17, 15) is 44.8 Å². The third-order valence-corrected chi connectivity index (χ3v) is 9.05. The van der Waals surface area contributed by atoms with Crippen molar-refractivity contribution in [1.29, 1.82) is 0 Å². The molecule has 0 bridgehead atoms. The van der Waals surface area contributed by atoms with Gasteiger partial charge in [-0.2, -0.15) is 4.89 Å². The molecular weight excluding hydrogens is 768 g/mol. The van der Waals surface area contributed by atoms with E-state index in [1.807, 2.05) is 48.5 Å². The van der Waals surface area contributed by atoms with Crippen molar-refractivity contribution in [3.05, 3.63) is 187 Å². The van der Waals surface area contributed by atoms with Gasteiger partial charge in [-0.15, -0.1) is 0 Å². The molecule has 0 aliphatic rings. The van der Waals surface area contributed by atoms with E-state index in [2.05, 4.69) is 13.8 Å². The summed E-state index contributed by atoms with van der Waals surface area (Å²) < 4.78 is 17.2. The van der Waals surface area contributed by atoms with Gasteiger partial charge in [0.1, 0.15) is 35.4 Å². The summed E-state index contributed by atoms with van der Waals surface area (Å²) in [5.74, 6) is -1.32. The minimum Gasteiger partial charge on any atom is -0.478 e. The van der Waals surface area contributed by atoms with Crippen LogP contribution in [0.3, 0.4) is 0 Å². The third kappa shape index (κ3) is 9.83. The van der Waals surface area contributed by atoms with E-state index in [1.165, 1.54) is 12.1 Å². The molecule has 0 aliphatic carbocycles. The largest absolute Gasteiger partial charge is 0.478 e. The Hall–Kier alpha value is -8.11. The van der Waals surface area contributed by atoms with Gasteiger partial charge in [0.15, 0.2) is 5.75 Å². The van der Waals surface area contributed by atoms with E-state index in [0.717, 1.165) is 47.5 Å². The van der Waals surface area contributed by atoms with Gasteiger partial charge in [0.05, 0.1) is 26.5 Å². The fraction of sp³-hybridized carbons (Fsp3) is 0.0930. The first-order valence-corrected chi connectivity index (χ1v) is 17.5. The first kappa shape index (κ1) is 40.6. The normalized spacial score (nSPS) is 10.9. The maximum absolute atomic E-state index is 12.7. The van der Waals surface area contributed by atoms with Gasteiger partial charge in [-0.3, -0.25) is 20.2 Å². The lowest BCUT2D eigenvalue weighted by Crippen LogP contribution is -2.18. The van der Waals surface area contributed by atoms with Gasteiger partial charge >= 0.3 is 17.9 Å².